The molecule has 0 aliphatic carbocycles. The lowest BCUT2D eigenvalue weighted by molar-refractivity contribution is -0.140. The fourth-order valence-corrected chi connectivity index (χ4v) is 2.40. The van der Waals surface area contributed by atoms with Gasteiger partial charge in [0.2, 0.25) is 0 Å². The molecule has 1 aliphatic heterocycles. The van der Waals surface area contributed by atoms with Gasteiger partial charge in [0, 0.05) is 13.1 Å². The van der Waals surface area contributed by atoms with Crippen molar-refractivity contribution >= 4 is 5.91 Å². The molecule has 0 atom stereocenters. The fraction of sp³-hybridized carbons (Fsp3) is 0.533. The second-order valence-corrected chi connectivity index (χ2v) is 6.12. The lowest BCUT2D eigenvalue weighted by atomic mass is 9.82. The van der Waals surface area contributed by atoms with E-state index in [4.69, 9.17) is 0 Å². The molecule has 0 saturated carbocycles. The van der Waals surface area contributed by atoms with Crippen LogP contribution < -0.4 is 0 Å². The molecule has 1 aliphatic rings. The van der Waals surface area contributed by atoms with E-state index >= 15 is 0 Å². The number of amides is 1. The Hall–Kier alpha value is -1.59. The first-order valence-corrected chi connectivity index (χ1v) is 6.77. The molecule has 0 N–H and O–H groups in total. The monoisotopic (exact) mass is 303 g/mol. The minimum atomic E-state index is -4.80. The number of halogens is 4. The summed E-state index contributed by atoms with van der Waals surface area (Å²) in [4.78, 5) is 13.6. The first kappa shape index (κ1) is 15.8. The second kappa shape index (κ2) is 5.31. The standard InChI is InChI=1S/C15H17F4NO/c1-14(2)6-8-20(9-7-14)13(21)10-4-3-5-11(12(10)16)15(17,18)19/h3-5H,6-9H2,1-2H3. The third-order valence-corrected chi connectivity index (χ3v) is 3.94. The zero-order valence-electron chi connectivity index (χ0n) is 11.9. The largest absolute Gasteiger partial charge is 0.419 e. The van der Waals surface area contributed by atoms with Crippen LogP contribution in [0.15, 0.2) is 18.2 Å². The maximum atomic E-state index is 14.0. The van der Waals surface area contributed by atoms with Gasteiger partial charge in [0.05, 0.1) is 11.1 Å². The van der Waals surface area contributed by atoms with Crippen LogP contribution in [0.2, 0.25) is 0 Å². The number of alkyl halides is 3. The maximum Gasteiger partial charge on any atom is 0.419 e. The second-order valence-electron chi connectivity index (χ2n) is 6.12. The Morgan fingerprint density at radius 3 is 2.29 bits per heavy atom. The Bertz CT molecular complexity index is 541. The van der Waals surface area contributed by atoms with Crippen LogP contribution >= 0.6 is 0 Å². The van der Waals surface area contributed by atoms with Gasteiger partial charge in [0.1, 0.15) is 5.82 Å². The minimum Gasteiger partial charge on any atom is -0.339 e. The minimum absolute atomic E-state index is 0.100. The van der Waals surface area contributed by atoms with Gasteiger partial charge in [-0.05, 0) is 30.4 Å². The molecule has 0 spiro atoms. The molecule has 1 heterocycles. The summed E-state index contributed by atoms with van der Waals surface area (Å²) in [7, 11) is 0. The Morgan fingerprint density at radius 2 is 1.76 bits per heavy atom. The van der Waals surface area contributed by atoms with E-state index in [1.807, 2.05) is 0 Å². The highest BCUT2D eigenvalue weighted by Gasteiger charge is 2.37. The van der Waals surface area contributed by atoms with E-state index in [0.29, 0.717) is 19.2 Å². The average Bonchev–Trinajstić information content (AvgIpc) is 2.37. The topological polar surface area (TPSA) is 20.3 Å². The Kier molecular flexibility index (Phi) is 4.00. The normalized spacial score (nSPS) is 18.7. The van der Waals surface area contributed by atoms with Crippen LogP contribution in [0.25, 0.3) is 0 Å². The number of hydrogen-bond acceptors (Lipinski definition) is 1. The quantitative estimate of drug-likeness (QED) is 0.715. The summed E-state index contributed by atoms with van der Waals surface area (Å²) in [6.45, 7) is 5.00. The van der Waals surface area contributed by atoms with Crippen molar-refractivity contribution in [2.75, 3.05) is 13.1 Å². The number of carbonyl (C=O) groups is 1. The summed E-state index contributed by atoms with van der Waals surface area (Å²) in [6.07, 6.45) is -3.30. The predicted molar refractivity (Wildman–Crippen MR) is 70.3 cm³/mol. The molecule has 116 valence electrons. The van der Waals surface area contributed by atoms with Gasteiger partial charge < -0.3 is 4.90 Å². The number of hydrogen-bond donors (Lipinski definition) is 0. The van der Waals surface area contributed by atoms with Crippen LogP contribution in [-0.4, -0.2) is 23.9 Å². The number of carbonyl (C=O) groups excluding carboxylic acids is 1. The number of benzene rings is 1. The third-order valence-electron chi connectivity index (χ3n) is 3.94. The Balaban J connectivity index is 2.25. The Morgan fingerprint density at radius 1 is 1.19 bits per heavy atom. The molecule has 1 fully saturated rings. The zero-order valence-corrected chi connectivity index (χ0v) is 11.9. The van der Waals surface area contributed by atoms with E-state index in [-0.39, 0.29) is 5.41 Å². The van der Waals surface area contributed by atoms with Gasteiger partial charge in [-0.1, -0.05) is 19.9 Å². The average molecular weight is 303 g/mol. The van der Waals surface area contributed by atoms with Gasteiger partial charge in [0.25, 0.3) is 5.91 Å². The van der Waals surface area contributed by atoms with Gasteiger partial charge in [-0.2, -0.15) is 13.2 Å². The highest BCUT2D eigenvalue weighted by Crippen LogP contribution is 2.34. The summed E-state index contributed by atoms with van der Waals surface area (Å²) in [5.74, 6) is -2.16. The van der Waals surface area contributed by atoms with Crippen molar-refractivity contribution in [3.05, 3.63) is 35.1 Å². The molecule has 6 heteroatoms. The molecular formula is C15H17F4NO. The molecule has 2 nitrogen and oxygen atoms in total. The highest BCUT2D eigenvalue weighted by atomic mass is 19.4. The van der Waals surface area contributed by atoms with E-state index < -0.39 is 29.0 Å². The predicted octanol–water partition coefficient (Wildman–Crippen LogP) is 4.11. The molecule has 0 unspecified atom stereocenters. The fourth-order valence-electron chi connectivity index (χ4n) is 2.40. The molecule has 0 radical (unpaired) electrons. The van der Waals surface area contributed by atoms with Gasteiger partial charge >= 0.3 is 6.18 Å². The summed E-state index contributed by atoms with van der Waals surface area (Å²) < 4.78 is 52.0. The lowest BCUT2D eigenvalue weighted by Crippen LogP contribution is -2.41. The molecule has 1 aromatic rings. The van der Waals surface area contributed by atoms with Crippen LogP contribution in [0.4, 0.5) is 17.6 Å². The van der Waals surface area contributed by atoms with Crippen LogP contribution in [-0.2, 0) is 6.18 Å². The van der Waals surface area contributed by atoms with Crippen molar-refractivity contribution in [2.24, 2.45) is 5.41 Å². The van der Waals surface area contributed by atoms with E-state index in [2.05, 4.69) is 13.8 Å². The van der Waals surface area contributed by atoms with Crippen LogP contribution in [0, 0.1) is 11.2 Å². The van der Waals surface area contributed by atoms with Crippen molar-refractivity contribution in [3.63, 3.8) is 0 Å². The molecule has 0 bridgehead atoms. The number of piperidine rings is 1. The number of nitrogens with zero attached hydrogens (tertiary/aromatic N) is 1. The van der Waals surface area contributed by atoms with Crippen LogP contribution in [0.1, 0.15) is 42.6 Å². The van der Waals surface area contributed by atoms with E-state index in [0.717, 1.165) is 25.0 Å². The molecule has 0 aromatic heterocycles. The van der Waals surface area contributed by atoms with Crippen molar-refractivity contribution in [1.29, 1.82) is 0 Å². The molecule has 2 rings (SSSR count). The van der Waals surface area contributed by atoms with Crippen molar-refractivity contribution in [3.8, 4) is 0 Å². The summed E-state index contributed by atoms with van der Waals surface area (Å²) in [5, 5.41) is 0. The van der Waals surface area contributed by atoms with Gasteiger partial charge in [-0.25, -0.2) is 4.39 Å². The summed E-state index contributed by atoms with van der Waals surface area (Å²) in [6, 6.07) is 2.81. The molecule has 1 saturated heterocycles. The van der Waals surface area contributed by atoms with Gasteiger partial charge in [0.15, 0.2) is 0 Å². The van der Waals surface area contributed by atoms with E-state index in [1.54, 1.807) is 0 Å². The van der Waals surface area contributed by atoms with Crippen molar-refractivity contribution in [2.45, 2.75) is 32.9 Å². The summed E-state index contributed by atoms with van der Waals surface area (Å²) >= 11 is 0. The molecular weight excluding hydrogens is 286 g/mol. The first-order chi connectivity index (χ1) is 9.62. The first-order valence-electron chi connectivity index (χ1n) is 6.77. The summed E-state index contributed by atoms with van der Waals surface area (Å²) in [5.41, 5.74) is -1.81. The number of rotatable bonds is 1. The van der Waals surface area contributed by atoms with Crippen molar-refractivity contribution < 1.29 is 22.4 Å². The molecule has 1 aromatic carbocycles. The van der Waals surface area contributed by atoms with E-state index in [9.17, 15) is 22.4 Å². The molecule has 21 heavy (non-hydrogen) atoms. The zero-order chi connectivity index (χ0) is 15.8. The molecule has 1 amide bonds. The SMILES string of the molecule is CC1(C)CCN(C(=O)c2cccc(C(F)(F)F)c2F)CC1. The van der Waals surface area contributed by atoms with Crippen LogP contribution in [0.3, 0.4) is 0 Å². The van der Waals surface area contributed by atoms with E-state index in [1.165, 1.54) is 4.90 Å². The number of likely N-dealkylation sites (tertiary alicyclic amines) is 1. The Labute approximate surface area is 120 Å². The van der Waals surface area contributed by atoms with Crippen LogP contribution in [0.5, 0.6) is 0 Å². The highest BCUT2D eigenvalue weighted by molar-refractivity contribution is 5.94. The maximum absolute atomic E-state index is 14.0. The lowest BCUT2D eigenvalue weighted by Gasteiger charge is -2.37. The van der Waals surface area contributed by atoms with Gasteiger partial charge in [-0.3, -0.25) is 4.79 Å². The smallest absolute Gasteiger partial charge is 0.339 e. The van der Waals surface area contributed by atoms with Crippen molar-refractivity contribution in [1.82, 2.24) is 4.90 Å². The third kappa shape index (κ3) is 3.36. The van der Waals surface area contributed by atoms with Gasteiger partial charge in [-0.15, -0.1) is 0 Å².